The average molecular weight is 443 g/mol. The van der Waals surface area contributed by atoms with Gasteiger partial charge in [0.25, 0.3) is 0 Å². The minimum Gasteiger partial charge on any atom is -0.496 e. The van der Waals surface area contributed by atoms with Gasteiger partial charge in [-0.25, -0.2) is 4.39 Å². The highest BCUT2D eigenvalue weighted by molar-refractivity contribution is 9.10. The third-order valence-corrected chi connectivity index (χ3v) is 4.94. The van der Waals surface area contributed by atoms with Crippen LogP contribution in [0.25, 0.3) is 0 Å². The zero-order valence-electron chi connectivity index (χ0n) is 10.3. The van der Waals surface area contributed by atoms with Gasteiger partial charge in [0.15, 0.2) is 0 Å². The molecule has 0 saturated heterocycles. The Balaban J connectivity index is 2.51. The van der Waals surface area contributed by atoms with Crippen LogP contribution in [0, 0.1) is 5.82 Å². The minimum atomic E-state index is -0.691. The van der Waals surface area contributed by atoms with Gasteiger partial charge in [-0.2, -0.15) is 0 Å². The molecule has 0 N–H and O–H groups in total. The van der Waals surface area contributed by atoms with Crippen LogP contribution in [0.1, 0.15) is 16.5 Å². The van der Waals surface area contributed by atoms with E-state index in [1.807, 2.05) is 6.07 Å². The molecule has 0 aliphatic rings. The predicted molar refractivity (Wildman–Crippen MR) is 87.5 cm³/mol. The Morgan fingerprint density at radius 1 is 1.15 bits per heavy atom. The molecule has 106 valence electrons. The molecule has 2 rings (SSSR count). The van der Waals surface area contributed by atoms with E-state index in [9.17, 15) is 4.39 Å². The lowest BCUT2D eigenvalue weighted by Crippen LogP contribution is -2.00. The number of hydrogen-bond acceptors (Lipinski definition) is 1. The van der Waals surface area contributed by atoms with Crippen LogP contribution in [0.2, 0.25) is 5.02 Å². The molecular formula is C14H9Br2Cl2FO. The second-order valence-corrected chi connectivity index (χ2v) is 6.65. The molecule has 0 amide bonds. The molecule has 0 fully saturated rings. The highest BCUT2D eigenvalue weighted by Gasteiger charge is 2.20. The molecule has 2 aromatic rings. The first-order chi connectivity index (χ1) is 9.43. The van der Waals surface area contributed by atoms with E-state index in [2.05, 4.69) is 31.9 Å². The van der Waals surface area contributed by atoms with Crippen LogP contribution in [0.4, 0.5) is 4.39 Å². The SMILES string of the molecule is COc1cc(Br)ccc1C(Cl)c1cc(Cl)c(Br)cc1F. The second-order valence-electron chi connectivity index (χ2n) is 4.04. The van der Waals surface area contributed by atoms with Crippen molar-refractivity contribution in [1.82, 2.24) is 0 Å². The number of hydrogen-bond donors (Lipinski definition) is 0. The van der Waals surface area contributed by atoms with Gasteiger partial charge < -0.3 is 4.74 Å². The maximum Gasteiger partial charge on any atom is 0.129 e. The Morgan fingerprint density at radius 3 is 2.50 bits per heavy atom. The average Bonchev–Trinajstić information content (AvgIpc) is 2.42. The lowest BCUT2D eigenvalue weighted by Gasteiger charge is -2.16. The van der Waals surface area contributed by atoms with Gasteiger partial charge in [-0.15, -0.1) is 11.6 Å². The number of methoxy groups -OCH3 is 1. The molecule has 0 spiro atoms. The molecule has 2 aromatic carbocycles. The normalized spacial score (nSPS) is 12.3. The fourth-order valence-electron chi connectivity index (χ4n) is 1.79. The van der Waals surface area contributed by atoms with Crippen LogP contribution in [0.15, 0.2) is 39.3 Å². The molecule has 0 bridgehead atoms. The predicted octanol–water partition coefficient (Wildman–Crippen LogP) is 6.34. The molecule has 1 unspecified atom stereocenters. The van der Waals surface area contributed by atoms with Crippen molar-refractivity contribution in [2.45, 2.75) is 5.38 Å². The summed E-state index contributed by atoms with van der Waals surface area (Å²) in [6.07, 6.45) is 0. The molecule has 1 atom stereocenters. The Morgan fingerprint density at radius 2 is 1.85 bits per heavy atom. The first-order valence-corrected chi connectivity index (χ1v) is 7.96. The second kappa shape index (κ2) is 6.65. The van der Waals surface area contributed by atoms with Crippen molar-refractivity contribution < 1.29 is 9.13 Å². The molecule has 0 heterocycles. The standard InChI is InChI=1S/C14H9Br2Cl2FO/c1-20-13-4-7(15)2-3-8(13)14(18)9-5-11(17)10(16)6-12(9)19/h2-6,14H,1H3. The first kappa shape index (κ1) is 16.1. The summed E-state index contributed by atoms with van der Waals surface area (Å²) in [4.78, 5) is 0. The number of halogens is 5. The summed E-state index contributed by atoms with van der Waals surface area (Å²) in [7, 11) is 1.54. The summed E-state index contributed by atoms with van der Waals surface area (Å²) in [5, 5.41) is -0.285. The topological polar surface area (TPSA) is 9.23 Å². The van der Waals surface area contributed by atoms with Crippen molar-refractivity contribution in [3.63, 3.8) is 0 Å². The van der Waals surface area contributed by atoms with Crippen molar-refractivity contribution >= 4 is 55.1 Å². The molecular weight excluding hydrogens is 434 g/mol. The van der Waals surface area contributed by atoms with E-state index >= 15 is 0 Å². The van der Waals surface area contributed by atoms with E-state index < -0.39 is 11.2 Å². The van der Waals surface area contributed by atoms with Gasteiger partial charge in [-0.05, 0) is 40.2 Å². The third kappa shape index (κ3) is 3.30. The van der Waals surface area contributed by atoms with Gasteiger partial charge in [-0.3, -0.25) is 0 Å². The third-order valence-electron chi connectivity index (χ3n) is 2.78. The quantitative estimate of drug-likeness (QED) is 0.398. The molecule has 1 nitrogen and oxygen atoms in total. The van der Waals surface area contributed by atoms with Crippen LogP contribution < -0.4 is 4.74 Å². The van der Waals surface area contributed by atoms with Crippen LogP contribution in [0.3, 0.4) is 0 Å². The Labute approximate surface area is 143 Å². The van der Waals surface area contributed by atoms with Crippen molar-refractivity contribution in [3.05, 3.63) is 61.2 Å². The lowest BCUT2D eigenvalue weighted by atomic mass is 10.0. The molecule has 0 saturated carbocycles. The Bertz CT molecular complexity index is 649. The summed E-state index contributed by atoms with van der Waals surface area (Å²) in [5.74, 6) is 0.157. The summed E-state index contributed by atoms with van der Waals surface area (Å²) in [6.45, 7) is 0. The maximum atomic E-state index is 14.1. The summed E-state index contributed by atoms with van der Waals surface area (Å²) in [5.41, 5.74) is 0.982. The highest BCUT2D eigenvalue weighted by atomic mass is 79.9. The van der Waals surface area contributed by atoms with Crippen LogP contribution in [0.5, 0.6) is 5.75 Å². The van der Waals surface area contributed by atoms with Gasteiger partial charge in [0.1, 0.15) is 11.6 Å². The van der Waals surface area contributed by atoms with Crippen LogP contribution in [-0.2, 0) is 0 Å². The number of ether oxygens (including phenoxy) is 1. The van der Waals surface area contributed by atoms with E-state index in [1.165, 1.54) is 12.1 Å². The van der Waals surface area contributed by atoms with E-state index in [4.69, 9.17) is 27.9 Å². The summed E-state index contributed by atoms with van der Waals surface area (Å²) < 4.78 is 20.7. The number of benzene rings is 2. The van der Waals surface area contributed by atoms with Crippen molar-refractivity contribution in [2.24, 2.45) is 0 Å². The first-order valence-electron chi connectivity index (χ1n) is 5.56. The van der Waals surface area contributed by atoms with Gasteiger partial charge in [0.05, 0.1) is 17.5 Å². The fraction of sp³-hybridized carbons (Fsp3) is 0.143. The smallest absolute Gasteiger partial charge is 0.129 e. The van der Waals surface area contributed by atoms with Gasteiger partial charge >= 0.3 is 0 Å². The Kier molecular flexibility index (Phi) is 5.35. The summed E-state index contributed by atoms with van der Waals surface area (Å²) in [6, 6.07) is 8.21. The molecule has 20 heavy (non-hydrogen) atoms. The van der Waals surface area contributed by atoms with E-state index in [0.717, 1.165) is 4.47 Å². The number of rotatable bonds is 3. The molecule has 0 aliphatic carbocycles. The zero-order chi connectivity index (χ0) is 14.9. The Hall–Kier alpha value is -0.290. The van der Waals surface area contributed by atoms with Gasteiger partial charge in [-0.1, -0.05) is 33.6 Å². The van der Waals surface area contributed by atoms with Gasteiger partial charge in [0, 0.05) is 20.1 Å². The van der Waals surface area contributed by atoms with Crippen LogP contribution in [-0.4, -0.2) is 7.11 Å². The summed E-state index contributed by atoms with van der Waals surface area (Å²) >= 11 is 18.9. The minimum absolute atomic E-state index is 0.306. The molecule has 0 aromatic heterocycles. The van der Waals surface area contributed by atoms with Crippen LogP contribution >= 0.6 is 55.1 Å². The van der Waals surface area contributed by atoms with Crippen molar-refractivity contribution in [3.8, 4) is 5.75 Å². The molecule has 6 heteroatoms. The van der Waals surface area contributed by atoms with E-state index in [1.54, 1.807) is 19.2 Å². The lowest BCUT2D eigenvalue weighted by molar-refractivity contribution is 0.409. The highest BCUT2D eigenvalue weighted by Crippen LogP contribution is 2.39. The van der Waals surface area contributed by atoms with E-state index in [-0.39, 0.29) is 0 Å². The largest absolute Gasteiger partial charge is 0.496 e. The fourth-order valence-corrected chi connectivity index (χ4v) is 2.97. The van der Waals surface area contributed by atoms with Crippen molar-refractivity contribution in [1.29, 1.82) is 0 Å². The van der Waals surface area contributed by atoms with Gasteiger partial charge in [0.2, 0.25) is 0 Å². The van der Waals surface area contributed by atoms with E-state index in [0.29, 0.717) is 26.4 Å². The maximum absolute atomic E-state index is 14.1. The monoisotopic (exact) mass is 440 g/mol. The molecule has 0 aliphatic heterocycles. The number of alkyl halides is 1. The zero-order valence-corrected chi connectivity index (χ0v) is 14.9. The van der Waals surface area contributed by atoms with Crippen molar-refractivity contribution in [2.75, 3.05) is 7.11 Å². The molecule has 0 radical (unpaired) electrons.